The second-order valence-electron chi connectivity index (χ2n) is 7.36. The Bertz CT molecular complexity index is 739. The van der Waals surface area contributed by atoms with Gasteiger partial charge in [-0.15, -0.1) is 0 Å². The number of piperazine rings is 1. The summed E-state index contributed by atoms with van der Waals surface area (Å²) in [6.45, 7) is 8.42. The van der Waals surface area contributed by atoms with E-state index < -0.39 is 0 Å². The number of quaternary nitrogens is 2. The van der Waals surface area contributed by atoms with Gasteiger partial charge in [0.05, 0.1) is 7.11 Å². The molecule has 1 heterocycles. The van der Waals surface area contributed by atoms with Gasteiger partial charge in [0, 0.05) is 5.69 Å². The van der Waals surface area contributed by atoms with Gasteiger partial charge >= 0.3 is 0 Å². The summed E-state index contributed by atoms with van der Waals surface area (Å²) in [5.74, 6) is 1.80. The molecule has 0 spiro atoms. The Morgan fingerprint density at radius 2 is 1.54 bits per heavy atom. The molecule has 6 nitrogen and oxygen atoms in total. The van der Waals surface area contributed by atoms with E-state index in [-0.39, 0.29) is 5.91 Å². The first-order valence-corrected chi connectivity index (χ1v) is 9.93. The minimum absolute atomic E-state index is 0.0881. The van der Waals surface area contributed by atoms with Crippen molar-refractivity contribution in [1.82, 2.24) is 0 Å². The third-order valence-electron chi connectivity index (χ3n) is 5.19. The number of methoxy groups -OCH3 is 1. The average Bonchev–Trinajstić information content (AvgIpc) is 2.71. The molecule has 1 aliphatic rings. The van der Waals surface area contributed by atoms with E-state index in [9.17, 15) is 4.79 Å². The molecule has 2 aromatic rings. The Balaban J connectivity index is 1.32. The van der Waals surface area contributed by atoms with Gasteiger partial charge in [0.2, 0.25) is 0 Å². The number of hydrogen-bond acceptors (Lipinski definition) is 3. The molecule has 1 saturated heterocycles. The first-order chi connectivity index (χ1) is 13.6. The highest BCUT2D eigenvalue weighted by Crippen LogP contribution is 2.16. The first kappa shape index (κ1) is 20.2. The number of rotatable bonds is 8. The van der Waals surface area contributed by atoms with Crippen LogP contribution in [-0.2, 0) is 4.79 Å². The van der Waals surface area contributed by atoms with E-state index in [2.05, 4.69) is 5.32 Å². The van der Waals surface area contributed by atoms with Crippen LogP contribution in [0.1, 0.15) is 5.56 Å². The predicted molar refractivity (Wildman–Crippen MR) is 109 cm³/mol. The van der Waals surface area contributed by atoms with Crippen molar-refractivity contribution >= 4 is 11.6 Å². The zero-order valence-corrected chi connectivity index (χ0v) is 16.8. The van der Waals surface area contributed by atoms with Crippen LogP contribution in [0.15, 0.2) is 48.5 Å². The van der Waals surface area contributed by atoms with Gasteiger partial charge in [0.1, 0.15) is 50.8 Å². The van der Waals surface area contributed by atoms with Crippen molar-refractivity contribution in [2.75, 3.05) is 58.3 Å². The van der Waals surface area contributed by atoms with Crippen LogP contribution in [-0.4, -0.2) is 58.9 Å². The van der Waals surface area contributed by atoms with Crippen LogP contribution in [0.5, 0.6) is 11.5 Å². The molecule has 2 aromatic carbocycles. The topological polar surface area (TPSA) is 56.4 Å². The molecule has 0 aliphatic carbocycles. The molecule has 1 fully saturated rings. The second-order valence-corrected chi connectivity index (χ2v) is 7.36. The smallest absolute Gasteiger partial charge is 0.279 e. The third kappa shape index (κ3) is 6.25. The standard InChI is InChI=1S/C22H29N3O3/c1-18-3-5-19(6-4-18)23-22(26)17-25-13-11-24(12-14-25)15-16-28-21-9-7-20(27-2)8-10-21/h3-10H,11-17H2,1-2H3,(H,23,26)/p+2. The summed E-state index contributed by atoms with van der Waals surface area (Å²) in [4.78, 5) is 15.1. The normalized spacial score (nSPS) is 19.1. The van der Waals surface area contributed by atoms with E-state index in [4.69, 9.17) is 9.47 Å². The Hall–Kier alpha value is -2.57. The average molecular weight is 386 g/mol. The first-order valence-electron chi connectivity index (χ1n) is 9.93. The summed E-state index contributed by atoms with van der Waals surface area (Å²) in [5, 5.41) is 2.99. The number of anilines is 1. The summed E-state index contributed by atoms with van der Waals surface area (Å²) in [7, 11) is 1.66. The summed E-state index contributed by atoms with van der Waals surface area (Å²) < 4.78 is 11.0. The van der Waals surface area contributed by atoms with Gasteiger partial charge in [-0.1, -0.05) is 17.7 Å². The molecule has 6 heteroatoms. The van der Waals surface area contributed by atoms with Gasteiger partial charge in [-0.3, -0.25) is 4.79 Å². The fraction of sp³-hybridized carbons (Fsp3) is 0.409. The van der Waals surface area contributed by atoms with E-state index in [1.165, 1.54) is 15.4 Å². The minimum atomic E-state index is 0.0881. The number of aryl methyl sites for hydroxylation is 1. The van der Waals surface area contributed by atoms with E-state index in [1.54, 1.807) is 7.11 Å². The molecular weight excluding hydrogens is 354 g/mol. The van der Waals surface area contributed by atoms with Crippen molar-refractivity contribution in [3.8, 4) is 11.5 Å². The fourth-order valence-electron chi connectivity index (χ4n) is 3.44. The fourth-order valence-corrected chi connectivity index (χ4v) is 3.44. The van der Waals surface area contributed by atoms with Gasteiger partial charge in [-0.05, 0) is 43.3 Å². The Labute approximate surface area is 167 Å². The Kier molecular flexibility index (Phi) is 7.28. The van der Waals surface area contributed by atoms with Crippen molar-refractivity contribution < 1.29 is 24.1 Å². The van der Waals surface area contributed by atoms with Crippen molar-refractivity contribution in [3.63, 3.8) is 0 Å². The lowest BCUT2D eigenvalue weighted by Crippen LogP contribution is -3.28. The summed E-state index contributed by atoms with van der Waals surface area (Å²) in [6, 6.07) is 15.6. The summed E-state index contributed by atoms with van der Waals surface area (Å²) in [6.07, 6.45) is 0. The number of benzene rings is 2. The predicted octanol–water partition coefficient (Wildman–Crippen LogP) is -0.195. The highest BCUT2D eigenvalue weighted by Gasteiger charge is 2.24. The molecule has 0 saturated carbocycles. The molecule has 0 atom stereocenters. The molecule has 0 unspecified atom stereocenters. The molecule has 3 N–H and O–H groups in total. The number of hydrogen-bond donors (Lipinski definition) is 3. The van der Waals surface area contributed by atoms with Crippen LogP contribution in [0.25, 0.3) is 0 Å². The van der Waals surface area contributed by atoms with E-state index in [1.807, 2.05) is 55.5 Å². The number of carbonyl (C=O) groups excluding carboxylic acids is 1. The van der Waals surface area contributed by atoms with E-state index in [0.717, 1.165) is 49.9 Å². The summed E-state index contributed by atoms with van der Waals surface area (Å²) in [5.41, 5.74) is 2.06. The van der Waals surface area contributed by atoms with Crippen molar-refractivity contribution in [2.24, 2.45) is 0 Å². The largest absolute Gasteiger partial charge is 0.497 e. The van der Waals surface area contributed by atoms with Crippen molar-refractivity contribution in [2.45, 2.75) is 6.92 Å². The SMILES string of the molecule is COc1ccc(OCC[NH+]2CC[NH+](CC(=O)Nc3ccc(C)cc3)CC2)cc1. The highest BCUT2D eigenvalue weighted by molar-refractivity contribution is 5.91. The van der Waals surface area contributed by atoms with Crippen LogP contribution >= 0.6 is 0 Å². The van der Waals surface area contributed by atoms with Gasteiger partial charge in [0.15, 0.2) is 6.54 Å². The molecule has 150 valence electrons. The van der Waals surface area contributed by atoms with Gasteiger partial charge < -0.3 is 24.6 Å². The maximum absolute atomic E-state index is 12.3. The maximum atomic E-state index is 12.3. The Morgan fingerprint density at radius 1 is 0.929 bits per heavy atom. The molecule has 0 bridgehead atoms. The van der Waals surface area contributed by atoms with Crippen LogP contribution in [0.2, 0.25) is 0 Å². The van der Waals surface area contributed by atoms with Gasteiger partial charge in [-0.25, -0.2) is 0 Å². The molecule has 3 rings (SSSR count). The van der Waals surface area contributed by atoms with Crippen molar-refractivity contribution in [3.05, 3.63) is 54.1 Å². The molecule has 28 heavy (non-hydrogen) atoms. The molecule has 0 aromatic heterocycles. The lowest BCUT2D eigenvalue weighted by Gasteiger charge is -2.29. The van der Waals surface area contributed by atoms with Gasteiger partial charge in [-0.2, -0.15) is 0 Å². The van der Waals surface area contributed by atoms with E-state index in [0.29, 0.717) is 13.2 Å². The molecule has 0 radical (unpaired) electrons. The summed E-state index contributed by atoms with van der Waals surface area (Å²) >= 11 is 0. The molecule has 1 amide bonds. The number of amides is 1. The number of ether oxygens (including phenoxy) is 2. The van der Waals surface area contributed by atoms with Crippen molar-refractivity contribution in [1.29, 1.82) is 0 Å². The van der Waals surface area contributed by atoms with Crippen LogP contribution in [0.3, 0.4) is 0 Å². The second kappa shape index (κ2) is 10.1. The minimum Gasteiger partial charge on any atom is -0.497 e. The molecule has 1 aliphatic heterocycles. The zero-order chi connectivity index (χ0) is 19.8. The van der Waals surface area contributed by atoms with E-state index >= 15 is 0 Å². The number of carbonyl (C=O) groups is 1. The number of nitrogens with one attached hydrogen (secondary N) is 3. The van der Waals surface area contributed by atoms with Crippen LogP contribution in [0.4, 0.5) is 5.69 Å². The molecular formula is C22H31N3O3+2. The maximum Gasteiger partial charge on any atom is 0.279 e. The quantitative estimate of drug-likeness (QED) is 0.590. The Morgan fingerprint density at radius 3 is 2.18 bits per heavy atom. The lowest BCUT2D eigenvalue weighted by atomic mass is 10.2. The monoisotopic (exact) mass is 385 g/mol. The lowest BCUT2D eigenvalue weighted by molar-refractivity contribution is -1.01. The van der Waals surface area contributed by atoms with Crippen LogP contribution < -0.4 is 24.6 Å². The zero-order valence-electron chi connectivity index (χ0n) is 16.8. The van der Waals surface area contributed by atoms with Crippen LogP contribution in [0, 0.1) is 6.92 Å². The highest BCUT2D eigenvalue weighted by atomic mass is 16.5. The van der Waals surface area contributed by atoms with Gasteiger partial charge in [0.25, 0.3) is 5.91 Å². The third-order valence-corrected chi connectivity index (χ3v) is 5.19.